The van der Waals surface area contributed by atoms with Gasteiger partial charge in [-0.2, -0.15) is 10.1 Å². The number of nitrogens with zero attached hydrogens (tertiary/aromatic N) is 3. The number of hydrogen-bond acceptors (Lipinski definition) is 5. The zero-order valence-electron chi connectivity index (χ0n) is 8.16. The average molecular weight is 220 g/mol. The Morgan fingerprint density at radius 3 is 2.69 bits per heavy atom. The van der Waals surface area contributed by atoms with E-state index in [0.29, 0.717) is 0 Å². The van der Waals surface area contributed by atoms with E-state index >= 15 is 0 Å². The molecule has 1 aliphatic rings. The first-order valence-corrected chi connectivity index (χ1v) is 4.49. The number of amidine groups is 1. The van der Waals surface area contributed by atoms with Crippen LogP contribution in [-0.4, -0.2) is 16.7 Å². The number of rotatable bonds is 2. The van der Waals surface area contributed by atoms with Crippen molar-refractivity contribution in [2.45, 2.75) is 6.42 Å². The van der Waals surface area contributed by atoms with E-state index in [1.165, 1.54) is 18.2 Å². The largest absolute Gasteiger partial charge is 0.385 e. The highest BCUT2D eigenvalue weighted by molar-refractivity contribution is 6.12. The molecule has 1 aromatic rings. The van der Waals surface area contributed by atoms with Gasteiger partial charge in [0.2, 0.25) is 0 Å². The molecule has 0 saturated carbocycles. The Hall–Kier alpha value is -2.44. The van der Waals surface area contributed by atoms with Gasteiger partial charge in [-0.1, -0.05) is 12.1 Å². The zero-order chi connectivity index (χ0) is 11.7. The SMILES string of the molecule is NC1=NN(c2ccccc2[N+](=O)[O-])C(=O)C1. The van der Waals surface area contributed by atoms with E-state index in [0.717, 1.165) is 5.01 Å². The molecule has 0 radical (unpaired) electrons. The van der Waals surface area contributed by atoms with Crippen molar-refractivity contribution in [1.29, 1.82) is 0 Å². The second-order valence-corrected chi connectivity index (χ2v) is 3.22. The minimum atomic E-state index is -0.563. The molecule has 1 amide bonds. The van der Waals surface area contributed by atoms with Crippen LogP contribution in [0, 0.1) is 10.1 Å². The Bertz CT molecular complexity index is 497. The lowest BCUT2D eigenvalue weighted by Gasteiger charge is -2.10. The molecule has 1 heterocycles. The predicted octanol–water partition coefficient (Wildman–Crippen LogP) is 0.604. The fourth-order valence-corrected chi connectivity index (χ4v) is 1.44. The van der Waals surface area contributed by atoms with Crippen LogP contribution in [0.5, 0.6) is 0 Å². The number of para-hydroxylation sites is 2. The van der Waals surface area contributed by atoms with E-state index in [9.17, 15) is 14.9 Å². The number of nitrogens with two attached hydrogens (primary N) is 1. The van der Waals surface area contributed by atoms with E-state index in [-0.39, 0.29) is 29.5 Å². The van der Waals surface area contributed by atoms with Crippen molar-refractivity contribution in [3.8, 4) is 0 Å². The summed E-state index contributed by atoms with van der Waals surface area (Å²) in [6, 6.07) is 5.89. The molecule has 2 N–H and O–H groups in total. The molecule has 0 saturated heterocycles. The summed E-state index contributed by atoms with van der Waals surface area (Å²) in [6.45, 7) is 0. The van der Waals surface area contributed by atoms with Gasteiger partial charge >= 0.3 is 0 Å². The highest BCUT2D eigenvalue weighted by Crippen LogP contribution is 2.29. The minimum Gasteiger partial charge on any atom is -0.385 e. The van der Waals surface area contributed by atoms with Crippen molar-refractivity contribution >= 4 is 23.1 Å². The van der Waals surface area contributed by atoms with Gasteiger partial charge in [-0.3, -0.25) is 14.9 Å². The second-order valence-electron chi connectivity index (χ2n) is 3.22. The number of anilines is 1. The van der Waals surface area contributed by atoms with Crippen LogP contribution in [-0.2, 0) is 4.79 Å². The highest BCUT2D eigenvalue weighted by atomic mass is 16.6. The Morgan fingerprint density at radius 1 is 1.44 bits per heavy atom. The third-order valence-corrected chi connectivity index (χ3v) is 2.10. The molecule has 0 aromatic heterocycles. The fourth-order valence-electron chi connectivity index (χ4n) is 1.44. The maximum atomic E-state index is 11.5. The van der Waals surface area contributed by atoms with Gasteiger partial charge < -0.3 is 5.73 Å². The lowest BCUT2D eigenvalue weighted by atomic mass is 10.2. The summed E-state index contributed by atoms with van der Waals surface area (Å²) in [5, 5.41) is 15.5. The number of carbonyl (C=O) groups is 1. The lowest BCUT2D eigenvalue weighted by molar-refractivity contribution is -0.384. The van der Waals surface area contributed by atoms with Crippen molar-refractivity contribution in [3.63, 3.8) is 0 Å². The van der Waals surface area contributed by atoms with Gasteiger partial charge in [0.1, 0.15) is 11.5 Å². The number of nitro benzene ring substituents is 1. The Labute approximate surface area is 90.3 Å². The van der Waals surface area contributed by atoms with Crippen LogP contribution in [0.15, 0.2) is 29.4 Å². The molecule has 7 nitrogen and oxygen atoms in total. The number of benzene rings is 1. The summed E-state index contributed by atoms with van der Waals surface area (Å²) in [5.41, 5.74) is 5.36. The van der Waals surface area contributed by atoms with Crippen molar-refractivity contribution in [2.24, 2.45) is 10.8 Å². The molecule has 0 aliphatic carbocycles. The highest BCUT2D eigenvalue weighted by Gasteiger charge is 2.28. The van der Waals surface area contributed by atoms with E-state index in [1.54, 1.807) is 6.07 Å². The summed E-state index contributed by atoms with van der Waals surface area (Å²) in [5.74, 6) is -0.213. The molecule has 0 unspecified atom stereocenters. The molecule has 2 rings (SSSR count). The standard InChI is InChI=1S/C9H8N4O3/c10-8-5-9(14)12(11-8)6-3-1-2-4-7(6)13(15)16/h1-4H,5H2,(H2,10,11). The zero-order valence-corrected chi connectivity index (χ0v) is 8.16. The van der Waals surface area contributed by atoms with Crippen molar-refractivity contribution in [1.82, 2.24) is 0 Å². The number of hydrogen-bond donors (Lipinski definition) is 1. The first kappa shape index (κ1) is 10.1. The van der Waals surface area contributed by atoms with Gasteiger partial charge in [-0.05, 0) is 6.07 Å². The Balaban J connectivity index is 2.48. The van der Waals surface area contributed by atoms with Crippen LogP contribution < -0.4 is 10.7 Å². The monoisotopic (exact) mass is 220 g/mol. The van der Waals surface area contributed by atoms with Crippen LogP contribution >= 0.6 is 0 Å². The lowest BCUT2D eigenvalue weighted by Crippen LogP contribution is -2.20. The molecule has 1 aromatic carbocycles. The quantitative estimate of drug-likeness (QED) is 0.582. The molecule has 82 valence electrons. The second kappa shape index (κ2) is 3.61. The average Bonchev–Trinajstić information content (AvgIpc) is 2.57. The molecular formula is C9H8N4O3. The van der Waals surface area contributed by atoms with Gasteiger partial charge in [0.05, 0.1) is 11.3 Å². The van der Waals surface area contributed by atoms with E-state index in [1.807, 2.05) is 0 Å². The molecule has 7 heteroatoms. The molecule has 1 aliphatic heterocycles. The van der Waals surface area contributed by atoms with Crippen LogP contribution in [0.1, 0.15) is 6.42 Å². The molecular weight excluding hydrogens is 212 g/mol. The summed E-state index contributed by atoms with van der Waals surface area (Å²) in [4.78, 5) is 21.7. The predicted molar refractivity (Wildman–Crippen MR) is 56.8 cm³/mol. The van der Waals surface area contributed by atoms with Crippen molar-refractivity contribution in [2.75, 3.05) is 5.01 Å². The number of amides is 1. The van der Waals surface area contributed by atoms with Crippen molar-refractivity contribution in [3.05, 3.63) is 34.4 Å². The third-order valence-electron chi connectivity index (χ3n) is 2.10. The first-order valence-electron chi connectivity index (χ1n) is 4.49. The van der Waals surface area contributed by atoms with Gasteiger partial charge in [-0.25, -0.2) is 0 Å². The molecule has 0 bridgehead atoms. The van der Waals surface area contributed by atoms with Crippen LogP contribution in [0.3, 0.4) is 0 Å². The van der Waals surface area contributed by atoms with Crippen LogP contribution in [0.25, 0.3) is 0 Å². The molecule has 0 fully saturated rings. The summed E-state index contributed by atoms with van der Waals surface area (Å²) < 4.78 is 0. The van der Waals surface area contributed by atoms with Gasteiger partial charge in [0.25, 0.3) is 11.6 Å². The Kier molecular flexibility index (Phi) is 2.28. The van der Waals surface area contributed by atoms with E-state index in [4.69, 9.17) is 5.73 Å². The van der Waals surface area contributed by atoms with Crippen LogP contribution in [0.2, 0.25) is 0 Å². The summed E-state index contributed by atoms with van der Waals surface area (Å²) in [6.07, 6.45) is -0.00789. The van der Waals surface area contributed by atoms with Crippen LogP contribution in [0.4, 0.5) is 11.4 Å². The topological polar surface area (TPSA) is 102 Å². The summed E-state index contributed by atoms with van der Waals surface area (Å²) in [7, 11) is 0. The number of nitro groups is 1. The maximum absolute atomic E-state index is 11.5. The molecule has 0 atom stereocenters. The number of hydrazone groups is 1. The fraction of sp³-hybridized carbons (Fsp3) is 0.111. The van der Waals surface area contributed by atoms with Gasteiger partial charge in [-0.15, -0.1) is 0 Å². The maximum Gasteiger partial charge on any atom is 0.295 e. The Morgan fingerprint density at radius 2 is 2.12 bits per heavy atom. The van der Waals surface area contributed by atoms with Gasteiger partial charge in [0, 0.05) is 6.07 Å². The first-order chi connectivity index (χ1) is 7.59. The normalized spacial score (nSPS) is 15.1. The smallest absolute Gasteiger partial charge is 0.295 e. The van der Waals surface area contributed by atoms with E-state index in [2.05, 4.69) is 5.10 Å². The molecule has 16 heavy (non-hydrogen) atoms. The molecule has 0 spiro atoms. The van der Waals surface area contributed by atoms with Crippen molar-refractivity contribution < 1.29 is 9.72 Å². The minimum absolute atomic E-state index is 0.00789. The number of carbonyl (C=O) groups excluding carboxylic acids is 1. The van der Waals surface area contributed by atoms with E-state index < -0.39 is 4.92 Å². The summed E-state index contributed by atoms with van der Waals surface area (Å²) >= 11 is 0. The van der Waals surface area contributed by atoms with Gasteiger partial charge in [0.15, 0.2) is 0 Å². The third kappa shape index (κ3) is 1.58.